The van der Waals surface area contributed by atoms with Gasteiger partial charge in [0.1, 0.15) is 5.75 Å². The first kappa shape index (κ1) is 14.1. The molecular formula is C17H23N3O. The van der Waals surface area contributed by atoms with Crippen LogP contribution in [0.5, 0.6) is 5.75 Å². The highest BCUT2D eigenvalue weighted by atomic mass is 16.5. The average Bonchev–Trinajstić information content (AvgIpc) is 2.93. The molecule has 1 aliphatic heterocycles. The second kappa shape index (κ2) is 5.53. The fraction of sp³-hybridized carbons (Fsp3) is 0.471. The van der Waals surface area contributed by atoms with Crippen LogP contribution in [0.2, 0.25) is 0 Å². The number of hydrogen-bond acceptors (Lipinski definition) is 3. The number of fused-ring (bicyclic) bond motifs is 1. The molecule has 0 saturated carbocycles. The van der Waals surface area contributed by atoms with Crippen molar-refractivity contribution in [2.45, 2.75) is 45.2 Å². The van der Waals surface area contributed by atoms with Crippen LogP contribution < -0.4 is 10.1 Å². The lowest BCUT2D eigenvalue weighted by Crippen LogP contribution is -2.27. The van der Waals surface area contributed by atoms with E-state index in [0.29, 0.717) is 6.04 Å². The first-order chi connectivity index (χ1) is 10.1. The fourth-order valence-electron chi connectivity index (χ4n) is 2.88. The third-order valence-electron chi connectivity index (χ3n) is 3.97. The van der Waals surface area contributed by atoms with Crippen molar-refractivity contribution in [3.05, 3.63) is 47.3 Å². The first-order valence-electron chi connectivity index (χ1n) is 7.53. The van der Waals surface area contributed by atoms with Crippen LogP contribution in [0.15, 0.2) is 30.5 Å². The second-order valence-electron chi connectivity index (χ2n) is 6.63. The van der Waals surface area contributed by atoms with Crippen molar-refractivity contribution in [3.63, 3.8) is 0 Å². The minimum Gasteiger partial charge on any atom is -0.493 e. The molecule has 0 amide bonds. The summed E-state index contributed by atoms with van der Waals surface area (Å²) >= 11 is 0. The summed E-state index contributed by atoms with van der Waals surface area (Å²) in [6.45, 7) is 8.20. The summed E-state index contributed by atoms with van der Waals surface area (Å²) in [5, 5.41) is 11.0. The molecule has 3 rings (SSSR count). The molecule has 4 nitrogen and oxygen atoms in total. The predicted molar refractivity (Wildman–Crippen MR) is 83.4 cm³/mol. The van der Waals surface area contributed by atoms with Crippen molar-refractivity contribution in [1.29, 1.82) is 0 Å². The number of ether oxygens (including phenoxy) is 1. The molecule has 0 bridgehead atoms. The van der Waals surface area contributed by atoms with Gasteiger partial charge in [-0.1, -0.05) is 39.0 Å². The number of aromatic amines is 1. The molecule has 0 radical (unpaired) electrons. The van der Waals surface area contributed by atoms with Gasteiger partial charge in [0, 0.05) is 41.2 Å². The SMILES string of the molecule is CC(C)(C)c1[nH]ncc1CN[C@H]1CCOc2ccccc21. The molecule has 0 fully saturated rings. The number of aromatic nitrogens is 2. The minimum absolute atomic E-state index is 0.0844. The molecule has 0 saturated heterocycles. The summed E-state index contributed by atoms with van der Waals surface area (Å²) in [5.74, 6) is 1.00. The Morgan fingerprint density at radius 2 is 2.14 bits per heavy atom. The molecule has 2 heterocycles. The maximum atomic E-state index is 5.71. The lowest BCUT2D eigenvalue weighted by molar-refractivity contribution is 0.252. The summed E-state index contributed by atoms with van der Waals surface area (Å²) in [6, 6.07) is 8.63. The van der Waals surface area contributed by atoms with Gasteiger partial charge < -0.3 is 10.1 Å². The van der Waals surface area contributed by atoms with E-state index in [1.54, 1.807) is 0 Å². The number of para-hydroxylation sites is 1. The Labute approximate surface area is 125 Å². The van der Waals surface area contributed by atoms with Gasteiger partial charge in [0.25, 0.3) is 0 Å². The zero-order valence-electron chi connectivity index (χ0n) is 12.9. The van der Waals surface area contributed by atoms with E-state index < -0.39 is 0 Å². The average molecular weight is 285 g/mol. The number of benzene rings is 1. The van der Waals surface area contributed by atoms with Crippen molar-refractivity contribution >= 4 is 0 Å². The normalized spacial score (nSPS) is 18.1. The number of rotatable bonds is 3. The zero-order chi connectivity index (χ0) is 14.9. The van der Waals surface area contributed by atoms with Crippen molar-refractivity contribution in [2.24, 2.45) is 0 Å². The Morgan fingerprint density at radius 1 is 1.33 bits per heavy atom. The number of nitrogens with zero attached hydrogens (tertiary/aromatic N) is 1. The number of nitrogens with one attached hydrogen (secondary N) is 2. The minimum atomic E-state index is 0.0844. The Hall–Kier alpha value is -1.81. The van der Waals surface area contributed by atoms with E-state index in [-0.39, 0.29) is 5.41 Å². The maximum absolute atomic E-state index is 5.71. The summed E-state index contributed by atoms with van der Waals surface area (Å²) < 4.78 is 5.71. The highest BCUT2D eigenvalue weighted by Crippen LogP contribution is 2.32. The van der Waals surface area contributed by atoms with Crippen LogP contribution >= 0.6 is 0 Å². The maximum Gasteiger partial charge on any atom is 0.124 e. The second-order valence-corrected chi connectivity index (χ2v) is 6.63. The lowest BCUT2D eigenvalue weighted by Gasteiger charge is -2.27. The van der Waals surface area contributed by atoms with E-state index in [1.165, 1.54) is 16.8 Å². The molecule has 1 aromatic heterocycles. The summed E-state index contributed by atoms with van der Waals surface area (Å²) in [6.07, 6.45) is 2.93. The van der Waals surface area contributed by atoms with E-state index in [4.69, 9.17) is 4.74 Å². The van der Waals surface area contributed by atoms with Crippen LogP contribution in [-0.4, -0.2) is 16.8 Å². The van der Waals surface area contributed by atoms with Gasteiger partial charge in [-0.3, -0.25) is 5.10 Å². The number of hydrogen-bond donors (Lipinski definition) is 2. The molecular weight excluding hydrogens is 262 g/mol. The van der Waals surface area contributed by atoms with Crippen LogP contribution in [0.3, 0.4) is 0 Å². The van der Waals surface area contributed by atoms with Gasteiger partial charge in [0.15, 0.2) is 0 Å². The number of H-pyrrole nitrogens is 1. The smallest absolute Gasteiger partial charge is 0.124 e. The highest BCUT2D eigenvalue weighted by molar-refractivity contribution is 5.37. The van der Waals surface area contributed by atoms with E-state index in [1.807, 2.05) is 18.3 Å². The van der Waals surface area contributed by atoms with Crippen LogP contribution in [0, 0.1) is 0 Å². The van der Waals surface area contributed by atoms with Crippen molar-refractivity contribution < 1.29 is 4.74 Å². The van der Waals surface area contributed by atoms with Crippen molar-refractivity contribution in [1.82, 2.24) is 15.5 Å². The zero-order valence-corrected chi connectivity index (χ0v) is 12.9. The molecule has 0 aliphatic carbocycles. The van der Waals surface area contributed by atoms with Gasteiger partial charge in [-0.25, -0.2) is 0 Å². The van der Waals surface area contributed by atoms with E-state index in [0.717, 1.165) is 25.3 Å². The third-order valence-corrected chi connectivity index (χ3v) is 3.97. The van der Waals surface area contributed by atoms with Gasteiger partial charge in [-0.2, -0.15) is 5.10 Å². The third kappa shape index (κ3) is 2.95. The molecule has 1 atom stereocenters. The van der Waals surface area contributed by atoms with Gasteiger partial charge in [-0.15, -0.1) is 0 Å². The largest absolute Gasteiger partial charge is 0.493 e. The highest BCUT2D eigenvalue weighted by Gasteiger charge is 2.23. The molecule has 4 heteroatoms. The summed E-state index contributed by atoms with van der Waals surface area (Å²) in [4.78, 5) is 0. The van der Waals surface area contributed by atoms with Gasteiger partial charge in [0.05, 0.1) is 12.8 Å². The van der Waals surface area contributed by atoms with Crippen molar-refractivity contribution in [2.75, 3.05) is 6.61 Å². The standard InChI is InChI=1S/C17H23N3O/c1-17(2,3)16-12(11-19-20-16)10-18-14-8-9-21-15-7-5-4-6-13(14)15/h4-7,11,14,18H,8-10H2,1-3H3,(H,19,20)/t14-/m0/s1. The van der Waals surface area contributed by atoms with Crippen LogP contribution in [-0.2, 0) is 12.0 Å². The predicted octanol–water partition coefficient (Wildman–Crippen LogP) is 3.32. The molecule has 21 heavy (non-hydrogen) atoms. The molecule has 112 valence electrons. The Balaban J connectivity index is 1.74. The Bertz CT molecular complexity index is 612. The monoisotopic (exact) mass is 285 g/mol. The quantitative estimate of drug-likeness (QED) is 0.909. The fourth-order valence-corrected chi connectivity index (χ4v) is 2.88. The molecule has 0 spiro atoms. The van der Waals surface area contributed by atoms with Crippen molar-refractivity contribution in [3.8, 4) is 5.75 Å². The molecule has 1 aliphatic rings. The van der Waals surface area contributed by atoms with Crippen LogP contribution in [0.4, 0.5) is 0 Å². The molecule has 1 aromatic carbocycles. The Morgan fingerprint density at radius 3 is 2.95 bits per heavy atom. The van der Waals surface area contributed by atoms with Crippen LogP contribution in [0.25, 0.3) is 0 Å². The summed E-state index contributed by atoms with van der Waals surface area (Å²) in [5.41, 5.74) is 3.78. The van der Waals surface area contributed by atoms with Gasteiger partial charge >= 0.3 is 0 Å². The van der Waals surface area contributed by atoms with Gasteiger partial charge in [-0.05, 0) is 6.07 Å². The van der Waals surface area contributed by atoms with E-state index >= 15 is 0 Å². The molecule has 2 aromatic rings. The first-order valence-corrected chi connectivity index (χ1v) is 7.53. The van der Waals surface area contributed by atoms with E-state index in [9.17, 15) is 0 Å². The molecule has 2 N–H and O–H groups in total. The van der Waals surface area contributed by atoms with Crippen LogP contribution in [0.1, 0.15) is 50.1 Å². The lowest BCUT2D eigenvalue weighted by atomic mass is 9.89. The van der Waals surface area contributed by atoms with E-state index in [2.05, 4.69) is 48.4 Å². The van der Waals surface area contributed by atoms with Gasteiger partial charge in [0.2, 0.25) is 0 Å². The summed E-state index contributed by atoms with van der Waals surface area (Å²) in [7, 11) is 0. The topological polar surface area (TPSA) is 49.9 Å². The molecule has 0 unspecified atom stereocenters. The Kier molecular flexibility index (Phi) is 3.72.